The standard InChI is InChI=1S/C14H21N3O/c1-12-3-5-13(6-4-12)17-10-9-16(8-7-15-2)11-14(17)18/h3-6,15H,7-11H2,1-2H3. The third kappa shape index (κ3) is 3.09. The maximum absolute atomic E-state index is 12.1. The molecular weight excluding hydrogens is 226 g/mol. The Bertz CT molecular complexity index is 402. The van der Waals surface area contributed by atoms with E-state index in [1.807, 2.05) is 24.1 Å². The van der Waals surface area contributed by atoms with E-state index in [-0.39, 0.29) is 5.91 Å². The largest absolute Gasteiger partial charge is 0.318 e. The SMILES string of the molecule is CNCCN1CCN(c2ccc(C)cc2)C(=O)C1. The van der Waals surface area contributed by atoms with E-state index in [1.54, 1.807) is 0 Å². The number of benzene rings is 1. The van der Waals surface area contributed by atoms with Crippen molar-refractivity contribution in [1.82, 2.24) is 10.2 Å². The molecule has 0 atom stereocenters. The van der Waals surface area contributed by atoms with Gasteiger partial charge in [-0.25, -0.2) is 0 Å². The van der Waals surface area contributed by atoms with Crippen LogP contribution >= 0.6 is 0 Å². The van der Waals surface area contributed by atoms with E-state index >= 15 is 0 Å². The normalized spacial score (nSPS) is 17.2. The Kier molecular flexibility index (Phi) is 4.33. The smallest absolute Gasteiger partial charge is 0.241 e. The highest BCUT2D eigenvalue weighted by Crippen LogP contribution is 2.17. The zero-order valence-corrected chi connectivity index (χ0v) is 11.1. The highest BCUT2D eigenvalue weighted by Gasteiger charge is 2.24. The van der Waals surface area contributed by atoms with Crippen LogP contribution in [0.2, 0.25) is 0 Å². The van der Waals surface area contributed by atoms with E-state index in [0.29, 0.717) is 6.54 Å². The van der Waals surface area contributed by atoms with Crippen molar-refractivity contribution >= 4 is 11.6 Å². The number of carbonyl (C=O) groups is 1. The van der Waals surface area contributed by atoms with Crippen molar-refractivity contribution in [2.75, 3.05) is 44.7 Å². The van der Waals surface area contributed by atoms with Crippen molar-refractivity contribution in [2.45, 2.75) is 6.92 Å². The Balaban J connectivity index is 1.97. The molecule has 1 aromatic carbocycles. The molecule has 4 heteroatoms. The number of hydrogen-bond donors (Lipinski definition) is 1. The molecule has 0 saturated carbocycles. The Labute approximate surface area is 109 Å². The average molecular weight is 247 g/mol. The van der Waals surface area contributed by atoms with Crippen molar-refractivity contribution in [2.24, 2.45) is 0 Å². The maximum Gasteiger partial charge on any atom is 0.241 e. The highest BCUT2D eigenvalue weighted by molar-refractivity contribution is 5.95. The van der Waals surface area contributed by atoms with Crippen LogP contribution in [0.3, 0.4) is 0 Å². The summed E-state index contributed by atoms with van der Waals surface area (Å²) in [4.78, 5) is 16.2. The topological polar surface area (TPSA) is 35.6 Å². The van der Waals surface area contributed by atoms with Gasteiger partial charge >= 0.3 is 0 Å². The number of nitrogens with one attached hydrogen (secondary N) is 1. The summed E-state index contributed by atoms with van der Waals surface area (Å²) in [6, 6.07) is 8.15. The van der Waals surface area contributed by atoms with Crippen LogP contribution in [-0.4, -0.2) is 50.6 Å². The van der Waals surface area contributed by atoms with Crippen molar-refractivity contribution in [1.29, 1.82) is 0 Å². The molecule has 1 N–H and O–H groups in total. The number of carbonyl (C=O) groups excluding carboxylic acids is 1. The predicted molar refractivity (Wildman–Crippen MR) is 73.9 cm³/mol. The Morgan fingerprint density at radius 1 is 1.22 bits per heavy atom. The van der Waals surface area contributed by atoms with Gasteiger partial charge in [0.2, 0.25) is 5.91 Å². The molecule has 1 amide bonds. The van der Waals surface area contributed by atoms with Gasteiger partial charge in [0.05, 0.1) is 6.54 Å². The molecule has 0 spiro atoms. The van der Waals surface area contributed by atoms with E-state index in [9.17, 15) is 4.79 Å². The van der Waals surface area contributed by atoms with Gasteiger partial charge in [0.1, 0.15) is 0 Å². The van der Waals surface area contributed by atoms with Crippen LogP contribution in [-0.2, 0) is 4.79 Å². The predicted octanol–water partition coefficient (Wildman–Crippen LogP) is 0.863. The Hall–Kier alpha value is -1.39. The van der Waals surface area contributed by atoms with Crippen molar-refractivity contribution < 1.29 is 4.79 Å². The minimum Gasteiger partial charge on any atom is -0.318 e. The first kappa shape index (κ1) is 13.1. The number of hydrogen-bond acceptors (Lipinski definition) is 3. The summed E-state index contributed by atoms with van der Waals surface area (Å²) in [6.45, 7) is 6.17. The second kappa shape index (κ2) is 5.98. The van der Waals surface area contributed by atoms with Gasteiger partial charge in [-0.05, 0) is 26.1 Å². The lowest BCUT2D eigenvalue weighted by Crippen LogP contribution is -2.51. The monoisotopic (exact) mass is 247 g/mol. The van der Waals surface area contributed by atoms with Crippen LogP contribution in [0.1, 0.15) is 5.56 Å². The molecule has 1 aliphatic rings. The van der Waals surface area contributed by atoms with Gasteiger partial charge in [0, 0.05) is 31.9 Å². The third-order valence-electron chi connectivity index (χ3n) is 3.32. The molecule has 0 aliphatic carbocycles. The summed E-state index contributed by atoms with van der Waals surface area (Å²) < 4.78 is 0. The van der Waals surface area contributed by atoms with Crippen LogP contribution in [0.4, 0.5) is 5.69 Å². The lowest BCUT2D eigenvalue weighted by Gasteiger charge is -2.34. The fourth-order valence-corrected chi connectivity index (χ4v) is 2.18. The van der Waals surface area contributed by atoms with Gasteiger partial charge < -0.3 is 10.2 Å². The lowest BCUT2D eigenvalue weighted by molar-refractivity contribution is -0.121. The van der Waals surface area contributed by atoms with Gasteiger partial charge in [-0.1, -0.05) is 17.7 Å². The summed E-state index contributed by atoms with van der Waals surface area (Å²) in [7, 11) is 1.93. The molecule has 1 saturated heterocycles. The molecule has 1 aromatic rings. The van der Waals surface area contributed by atoms with E-state index in [4.69, 9.17) is 0 Å². The zero-order chi connectivity index (χ0) is 13.0. The lowest BCUT2D eigenvalue weighted by atomic mass is 10.2. The first-order valence-electron chi connectivity index (χ1n) is 6.44. The summed E-state index contributed by atoms with van der Waals surface area (Å²) >= 11 is 0. The van der Waals surface area contributed by atoms with E-state index in [0.717, 1.165) is 31.9 Å². The molecule has 1 fully saturated rings. The fraction of sp³-hybridized carbons (Fsp3) is 0.500. The summed E-state index contributed by atoms with van der Waals surface area (Å²) in [6.07, 6.45) is 0. The van der Waals surface area contributed by atoms with Gasteiger partial charge in [0.15, 0.2) is 0 Å². The number of aryl methyl sites for hydroxylation is 1. The summed E-state index contributed by atoms with van der Waals surface area (Å²) in [5, 5.41) is 3.11. The first-order valence-corrected chi connectivity index (χ1v) is 6.44. The summed E-state index contributed by atoms with van der Waals surface area (Å²) in [5.74, 6) is 0.196. The van der Waals surface area contributed by atoms with Crippen LogP contribution in [0.25, 0.3) is 0 Å². The van der Waals surface area contributed by atoms with Gasteiger partial charge in [0.25, 0.3) is 0 Å². The Morgan fingerprint density at radius 3 is 2.56 bits per heavy atom. The van der Waals surface area contributed by atoms with E-state index < -0.39 is 0 Å². The molecule has 2 rings (SSSR count). The van der Waals surface area contributed by atoms with Gasteiger partial charge in [-0.15, -0.1) is 0 Å². The molecule has 0 unspecified atom stereocenters. The molecule has 1 aliphatic heterocycles. The second-order valence-corrected chi connectivity index (χ2v) is 4.76. The minimum absolute atomic E-state index is 0.196. The van der Waals surface area contributed by atoms with Crippen molar-refractivity contribution in [3.63, 3.8) is 0 Å². The number of amides is 1. The zero-order valence-electron chi connectivity index (χ0n) is 11.1. The van der Waals surface area contributed by atoms with E-state index in [2.05, 4.69) is 29.3 Å². The van der Waals surface area contributed by atoms with Crippen LogP contribution in [0, 0.1) is 6.92 Å². The maximum atomic E-state index is 12.1. The molecule has 0 bridgehead atoms. The third-order valence-corrected chi connectivity index (χ3v) is 3.32. The summed E-state index contributed by atoms with van der Waals surface area (Å²) in [5.41, 5.74) is 2.23. The van der Waals surface area contributed by atoms with Gasteiger partial charge in [-0.3, -0.25) is 9.69 Å². The molecule has 1 heterocycles. The minimum atomic E-state index is 0.196. The Morgan fingerprint density at radius 2 is 1.94 bits per heavy atom. The van der Waals surface area contributed by atoms with Gasteiger partial charge in [-0.2, -0.15) is 0 Å². The number of nitrogens with zero attached hydrogens (tertiary/aromatic N) is 2. The molecule has 0 aromatic heterocycles. The first-order chi connectivity index (χ1) is 8.70. The molecule has 0 radical (unpaired) electrons. The molecule has 4 nitrogen and oxygen atoms in total. The van der Waals surface area contributed by atoms with E-state index in [1.165, 1.54) is 5.56 Å². The molecule has 18 heavy (non-hydrogen) atoms. The van der Waals surface area contributed by atoms with Crippen LogP contribution < -0.4 is 10.2 Å². The number of likely N-dealkylation sites (N-methyl/N-ethyl adjacent to an activating group) is 1. The molecule has 98 valence electrons. The fourth-order valence-electron chi connectivity index (χ4n) is 2.18. The number of anilines is 1. The van der Waals surface area contributed by atoms with Crippen LogP contribution in [0.5, 0.6) is 0 Å². The van der Waals surface area contributed by atoms with Crippen molar-refractivity contribution in [3.8, 4) is 0 Å². The molecular formula is C14H21N3O. The second-order valence-electron chi connectivity index (χ2n) is 4.76. The number of piperazine rings is 1. The highest BCUT2D eigenvalue weighted by atomic mass is 16.2. The average Bonchev–Trinajstić information content (AvgIpc) is 2.38. The van der Waals surface area contributed by atoms with Crippen LogP contribution in [0.15, 0.2) is 24.3 Å². The van der Waals surface area contributed by atoms with Crippen molar-refractivity contribution in [3.05, 3.63) is 29.8 Å². The quantitative estimate of drug-likeness (QED) is 0.857. The number of rotatable bonds is 4.